The zero-order chi connectivity index (χ0) is 25.5. The average molecular weight is 482 g/mol. The van der Waals surface area contributed by atoms with Crippen LogP contribution in [0.25, 0.3) is 6.08 Å². The van der Waals surface area contributed by atoms with Gasteiger partial charge in [-0.1, -0.05) is 86.7 Å². The third-order valence-electron chi connectivity index (χ3n) is 6.88. The van der Waals surface area contributed by atoms with E-state index < -0.39 is 5.91 Å². The Morgan fingerprint density at radius 3 is 2.33 bits per heavy atom. The van der Waals surface area contributed by atoms with Gasteiger partial charge in [-0.3, -0.25) is 9.59 Å². The molecule has 4 heteroatoms. The highest BCUT2D eigenvalue weighted by Gasteiger charge is 2.35. The summed E-state index contributed by atoms with van der Waals surface area (Å²) in [6.07, 6.45) is 8.25. The second kappa shape index (κ2) is 11.9. The monoisotopic (exact) mass is 481 g/mol. The second-order valence-electron chi connectivity index (χ2n) is 10.1. The molecule has 0 spiro atoms. The van der Waals surface area contributed by atoms with E-state index in [-0.39, 0.29) is 18.0 Å². The van der Waals surface area contributed by atoms with Gasteiger partial charge in [-0.05, 0) is 71.6 Å². The number of allylic oxidation sites excluding steroid dienone is 1. The predicted molar refractivity (Wildman–Crippen MR) is 144 cm³/mol. The van der Waals surface area contributed by atoms with Gasteiger partial charge in [0.25, 0.3) is 0 Å². The van der Waals surface area contributed by atoms with Crippen molar-refractivity contribution < 1.29 is 14.3 Å². The highest BCUT2D eigenvalue weighted by atomic mass is 16.5. The summed E-state index contributed by atoms with van der Waals surface area (Å²) in [5.41, 5.74) is 12.1. The maximum atomic E-state index is 12.4. The molecule has 36 heavy (non-hydrogen) atoms. The van der Waals surface area contributed by atoms with Crippen molar-refractivity contribution in [2.45, 2.75) is 52.1 Å². The quantitative estimate of drug-likeness (QED) is 0.393. The third-order valence-corrected chi connectivity index (χ3v) is 6.88. The zero-order valence-electron chi connectivity index (χ0n) is 21.2. The minimum atomic E-state index is -0.424. The summed E-state index contributed by atoms with van der Waals surface area (Å²) in [6.45, 7) is 4.22. The van der Waals surface area contributed by atoms with E-state index >= 15 is 0 Å². The van der Waals surface area contributed by atoms with Gasteiger partial charge < -0.3 is 10.5 Å². The highest BCUT2D eigenvalue weighted by Crippen LogP contribution is 2.40. The van der Waals surface area contributed by atoms with Crippen LogP contribution in [0.2, 0.25) is 0 Å². The number of rotatable bonds is 7. The molecule has 0 fully saturated rings. The van der Waals surface area contributed by atoms with Crippen molar-refractivity contribution >= 4 is 18.0 Å². The van der Waals surface area contributed by atoms with Gasteiger partial charge in [0.15, 0.2) is 0 Å². The Balaban J connectivity index is 0.000000280. The number of esters is 1. The summed E-state index contributed by atoms with van der Waals surface area (Å²) < 4.78 is 5.92. The van der Waals surface area contributed by atoms with Crippen molar-refractivity contribution in [3.63, 3.8) is 0 Å². The summed E-state index contributed by atoms with van der Waals surface area (Å²) >= 11 is 0. The Labute approximate surface area is 214 Å². The molecule has 186 valence electrons. The molecule has 0 aliphatic heterocycles. The number of primary amides is 1. The summed E-state index contributed by atoms with van der Waals surface area (Å²) in [6, 6.07) is 24.1. The number of carbonyl (C=O) groups excluding carboxylic acids is 2. The number of carbonyl (C=O) groups is 2. The molecule has 1 amide bonds. The summed E-state index contributed by atoms with van der Waals surface area (Å²) in [5.74, 6) is 0.129. The fourth-order valence-electron chi connectivity index (χ4n) is 4.89. The van der Waals surface area contributed by atoms with Crippen LogP contribution >= 0.6 is 0 Å². The minimum absolute atomic E-state index is 0.125. The van der Waals surface area contributed by atoms with Gasteiger partial charge in [0, 0.05) is 17.9 Å². The molecule has 2 atom stereocenters. The third kappa shape index (κ3) is 6.51. The molecule has 3 aromatic rings. The lowest BCUT2D eigenvalue weighted by atomic mass is 9.94. The highest BCUT2D eigenvalue weighted by molar-refractivity contribution is 5.92. The average Bonchev–Trinajstić information content (AvgIpc) is 3.48. The van der Waals surface area contributed by atoms with Crippen LogP contribution in [0.5, 0.6) is 0 Å². The van der Waals surface area contributed by atoms with Crippen LogP contribution in [0.1, 0.15) is 71.0 Å². The van der Waals surface area contributed by atoms with Crippen LogP contribution in [-0.2, 0) is 28.8 Å². The first kappa shape index (κ1) is 25.4. The molecular formula is C32H35NO3. The lowest BCUT2D eigenvalue weighted by molar-refractivity contribution is -0.152. The largest absolute Gasteiger partial charge is 0.457 e. The molecule has 4 nitrogen and oxygen atoms in total. The van der Waals surface area contributed by atoms with Gasteiger partial charge in [0.2, 0.25) is 5.91 Å². The predicted octanol–water partition coefficient (Wildman–Crippen LogP) is 6.48. The Morgan fingerprint density at radius 1 is 0.944 bits per heavy atom. The SMILES string of the molecule is C1=Cc2ccccc2C1.CC(C)CCC(=O)OC1c2ccccc2CC1Cc1ccc(C(N)=O)cc1. The Morgan fingerprint density at radius 2 is 1.64 bits per heavy atom. The molecule has 2 aliphatic rings. The number of hydrogen-bond acceptors (Lipinski definition) is 3. The summed E-state index contributed by atoms with van der Waals surface area (Å²) in [5, 5.41) is 0. The van der Waals surface area contributed by atoms with Crippen LogP contribution in [0.3, 0.4) is 0 Å². The van der Waals surface area contributed by atoms with Gasteiger partial charge in [0.1, 0.15) is 6.10 Å². The lowest BCUT2D eigenvalue weighted by Gasteiger charge is -2.21. The van der Waals surface area contributed by atoms with Gasteiger partial charge >= 0.3 is 5.97 Å². The molecular weight excluding hydrogens is 446 g/mol. The van der Waals surface area contributed by atoms with Gasteiger partial charge in [-0.2, -0.15) is 0 Å². The Hall–Kier alpha value is -3.66. The van der Waals surface area contributed by atoms with Crippen LogP contribution < -0.4 is 5.73 Å². The van der Waals surface area contributed by atoms with Crippen molar-refractivity contribution in [1.82, 2.24) is 0 Å². The number of amides is 1. The van der Waals surface area contributed by atoms with Gasteiger partial charge in [0.05, 0.1) is 0 Å². The van der Waals surface area contributed by atoms with Gasteiger partial charge in [-0.25, -0.2) is 0 Å². The van der Waals surface area contributed by atoms with Crippen molar-refractivity contribution in [2.24, 2.45) is 17.6 Å². The maximum absolute atomic E-state index is 12.4. The summed E-state index contributed by atoms with van der Waals surface area (Å²) in [7, 11) is 0. The van der Waals surface area contributed by atoms with E-state index in [2.05, 4.69) is 62.4 Å². The second-order valence-corrected chi connectivity index (χ2v) is 10.1. The minimum Gasteiger partial charge on any atom is -0.457 e. The lowest BCUT2D eigenvalue weighted by Crippen LogP contribution is -2.18. The van der Waals surface area contributed by atoms with E-state index in [9.17, 15) is 9.59 Å². The number of hydrogen-bond donors (Lipinski definition) is 1. The molecule has 0 saturated heterocycles. The van der Waals surface area contributed by atoms with Crippen molar-refractivity contribution in [3.8, 4) is 0 Å². The first-order chi connectivity index (χ1) is 17.4. The number of fused-ring (bicyclic) bond motifs is 2. The van der Waals surface area contributed by atoms with Crippen molar-refractivity contribution in [3.05, 3.63) is 112 Å². The molecule has 2 aliphatic carbocycles. The zero-order valence-corrected chi connectivity index (χ0v) is 21.2. The van der Waals surface area contributed by atoms with Crippen LogP contribution in [0.15, 0.2) is 78.9 Å². The first-order valence-corrected chi connectivity index (χ1v) is 12.8. The molecule has 0 radical (unpaired) electrons. The molecule has 0 heterocycles. The topological polar surface area (TPSA) is 69.4 Å². The van der Waals surface area contributed by atoms with Crippen molar-refractivity contribution in [1.29, 1.82) is 0 Å². The first-order valence-electron chi connectivity index (χ1n) is 12.8. The number of ether oxygens (including phenoxy) is 1. The molecule has 0 bridgehead atoms. The molecule has 5 rings (SSSR count). The van der Waals surface area contributed by atoms with E-state index in [0.717, 1.165) is 36.8 Å². The standard InChI is InChI=1S/C23H27NO3.C9H8/c1-15(2)7-12-21(25)27-22-19(14-18-5-3-4-6-20(18)22)13-16-8-10-17(11-9-16)23(24)26;1-2-5-9-7-3-6-8(9)4-1/h3-6,8-11,15,19,22H,7,12-14H2,1-2H3,(H2,24,26);1-6H,7H2. The van der Waals surface area contributed by atoms with Crippen LogP contribution in [-0.4, -0.2) is 11.9 Å². The fraction of sp³-hybridized carbons (Fsp3) is 0.312. The number of nitrogens with two attached hydrogens (primary N) is 1. The van der Waals surface area contributed by atoms with E-state index in [0.29, 0.717) is 17.9 Å². The molecule has 0 aromatic heterocycles. The Kier molecular flexibility index (Phi) is 8.37. The normalized spacial score (nSPS) is 17.2. The van der Waals surface area contributed by atoms with Crippen LogP contribution in [0, 0.1) is 11.8 Å². The maximum Gasteiger partial charge on any atom is 0.306 e. The molecule has 2 N–H and O–H groups in total. The molecule has 3 aromatic carbocycles. The van der Waals surface area contributed by atoms with E-state index in [1.165, 1.54) is 16.7 Å². The molecule has 0 saturated carbocycles. The van der Waals surface area contributed by atoms with E-state index in [1.807, 2.05) is 24.3 Å². The number of benzene rings is 3. The van der Waals surface area contributed by atoms with Crippen molar-refractivity contribution in [2.75, 3.05) is 0 Å². The Bertz CT molecular complexity index is 1230. The summed E-state index contributed by atoms with van der Waals surface area (Å²) in [4.78, 5) is 23.6. The van der Waals surface area contributed by atoms with E-state index in [1.54, 1.807) is 12.1 Å². The van der Waals surface area contributed by atoms with Gasteiger partial charge in [-0.15, -0.1) is 0 Å². The smallest absolute Gasteiger partial charge is 0.306 e. The van der Waals surface area contributed by atoms with E-state index in [4.69, 9.17) is 10.5 Å². The van der Waals surface area contributed by atoms with Crippen LogP contribution in [0.4, 0.5) is 0 Å². The fourth-order valence-corrected chi connectivity index (χ4v) is 4.89. The molecule has 2 unspecified atom stereocenters.